The minimum Gasteiger partial charge on any atom is -0.355 e. The molecule has 0 aromatic heterocycles. The Hall–Kier alpha value is -1.07. The van der Waals surface area contributed by atoms with Crippen molar-refractivity contribution in [3.05, 3.63) is 33.3 Å². The summed E-state index contributed by atoms with van der Waals surface area (Å²) in [6, 6.07) is 4.29. The van der Waals surface area contributed by atoms with Gasteiger partial charge in [-0.25, -0.2) is 0 Å². The number of halogens is 2. The van der Waals surface area contributed by atoms with Gasteiger partial charge in [0.05, 0.1) is 0 Å². The molecule has 98 valence electrons. The molecule has 0 aliphatic heterocycles. The average Bonchev–Trinajstić information content (AvgIpc) is 2.27. The maximum absolute atomic E-state index is 11.9. The minimum absolute atomic E-state index is 0.216. The Labute approximate surface area is 119 Å². The summed E-state index contributed by atoms with van der Waals surface area (Å²) in [6.07, 6.45) is 0. The molecule has 0 heterocycles. The van der Waals surface area contributed by atoms with Crippen molar-refractivity contribution in [3.63, 3.8) is 0 Å². The van der Waals surface area contributed by atoms with Gasteiger partial charge < -0.3 is 10.6 Å². The fourth-order valence-electron chi connectivity index (χ4n) is 1.36. The van der Waals surface area contributed by atoms with Gasteiger partial charge in [0.25, 0.3) is 5.91 Å². The predicted octanol–water partition coefficient (Wildman–Crippen LogP) is 2.36. The summed E-state index contributed by atoms with van der Waals surface area (Å²) in [5.41, 5.74) is 0.408. The first-order chi connectivity index (χ1) is 8.43. The van der Waals surface area contributed by atoms with Crippen LogP contribution in [-0.4, -0.2) is 24.4 Å². The standard InChI is InChI=1S/C12H14BrClN2O2/c1-3-15-11(17)7(2)16-12(18)8-4-9(13)6-10(14)5-8/h4-7H,3H2,1-2H3,(H,15,17)(H,16,18). The molecule has 0 aliphatic rings. The second kappa shape index (κ2) is 6.75. The van der Waals surface area contributed by atoms with Crippen LogP contribution in [0.5, 0.6) is 0 Å². The smallest absolute Gasteiger partial charge is 0.252 e. The molecule has 0 saturated carbocycles. The maximum Gasteiger partial charge on any atom is 0.252 e. The highest BCUT2D eigenvalue weighted by Gasteiger charge is 2.16. The Morgan fingerprint density at radius 3 is 2.61 bits per heavy atom. The Kier molecular flexibility index (Phi) is 5.62. The summed E-state index contributed by atoms with van der Waals surface area (Å²) in [6.45, 7) is 3.98. The third-order valence-corrected chi connectivity index (χ3v) is 2.89. The average molecular weight is 334 g/mol. The lowest BCUT2D eigenvalue weighted by molar-refractivity contribution is -0.122. The molecule has 6 heteroatoms. The molecule has 0 aliphatic carbocycles. The van der Waals surface area contributed by atoms with Crippen LogP contribution in [0.25, 0.3) is 0 Å². The molecule has 1 rings (SSSR count). The number of carbonyl (C=O) groups is 2. The molecule has 4 nitrogen and oxygen atoms in total. The first kappa shape index (κ1) is 15.0. The largest absolute Gasteiger partial charge is 0.355 e. The van der Waals surface area contributed by atoms with E-state index in [4.69, 9.17) is 11.6 Å². The van der Waals surface area contributed by atoms with Gasteiger partial charge >= 0.3 is 0 Å². The van der Waals surface area contributed by atoms with E-state index in [0.29, 0.717) is 21.6 Å². The van der Waals surface area contributed by atoms with Crippen LogP contribution in [0.1, 0.15) is 24.2 Å². The van der Waals surface area contributed by atoms with Crippen LogP contribution in [0.15, 0.2) is 22.7 Å². The summed E-state index contributed by atoms with van der Waals surface area (Å²) >= 11 is 9.11. The van der Waals surface area contributed by atoms with E-state index in [-0.39, 0.29) is 11.8 Å². The fraction of sp³-hybridized carbons (Fsp3) is 0.333. The van der Waals surface area contributed by atoms with Crippen LogP contribution >= 0.6 is 27.5 Å². The summed E-state index contributed by atoms with van der Waals surface area (Å²) in [4.78, 5) is 23.4. The van der Waals surface area contributed by atoms with Crippen LogP contribution in [0.2, 0.25) is 5.02 Å². The Balaban J connectivity index is 2.73. The highest BCUT2D eigenvalue weighted by molar-refractivity contribution is 9.10. The third kappa shape index (κ3) is 4.31. The molecule has 1 aromatic rings. The number of benzene rings is 1. The second-order valence-corrected chi connectivity index (χ2v) is 5.10. The summed E-state index contributed by atoms with van der Waals surface area (Å²) in [5.74, 6) is -0.552. The van der Waals surface area contributed by atoms with E-state index in [2.05, 4.69) is 26.6 Å². The molecular formula is C12H14BrClN2O2. The van der Waals surface area contributed by atoms with E-state index in [1.54, 1.807) is 25.1 Å². The Morgan fingerprint density at radius 2 is 2.06 bits per heavy atom. The van der Waals surface area contributed by atoms with Crippen molar-refractivity contribution >= 4 is 39.3 Å². The zero-order valence-corrected chi connectivity index (χ0v) is 12.4. The van der Waals surface area contributed by atoms with E-state index in [9.17, 15) is 9.59 Å². The number of hydrogen-bond acceptors (Lipinski definition) is 2. The van der Waals surface area contributed by atoms with Gasteiger partial charge in [-0.3, -0.25) is 9.59 Å². The lowest BCUT2D eigenvalue weighted by Gasteiger charge is -2.13. The van der Waals surface area contributed by atoms with E-state index in [1.807, 2.05) is 6.92 Å². The summed E-state index contributed by atoms with van der Waals surface area (Å²) in [5, 5.41) is 5.70. The summed E-state index contributed by atoms with van der Waals surface area (Å²) < 4.78 is 0.714. The second-order valence-electron chi connectivity index (χ2n) is 3.75. The van der Waals surface area contributed by atoms with Gasteiger partial charge in [0.1, 0.15) is 6.04 Å². The number of amides is 2. The number of carbonyl (C=O) groups excluding carboxylic acids is 2. The van der Waals surface area contributed by atoms with E-state index in [1.165, 1.54) is 0 Å². The SMILES string of the molecule is CCNC(=O)C(C)NC(=O)c1cc(Cl)cc(Br)c1. The van der Waals surface area contributed by atoms with E-state index in [0.717, 1.165) is 0 Å². The predicted molar refractivity (Wildman–Crippen MR) is 74.8 cm³/mol. The topological polar surface area (TPSA) is 58.2 Å². The molecule has 2 amide bonds. The van der Waals surface area contributed by atoms with Gasteiger partial charge in [-0.2, -0.15) is 0 Å². The van der Waals surface area contributed by atoms with Crippen LogP contribution in [-0.2, 0) is 4.79 Å². The number of likely N-dealkylation sites (N-methyl/N-ethyl adjacent to an activating group) is 1. The van der Waals surface area contributed by atoms with Gasteiger partial charge in [0, 0.05) is 21.6 Å². The minimum atomic E-state index is -0.588. The lowest BCUT2D eigenvalue weighted by atomic mass is 10.2. The van der Waals surface area contributed by atoms with E-state index < -0.39 is 6.04 Å². The van der Waals surface area contributed by atoms with Crippen LogP contribution in [0, 0.1) is 0 Å². The first-order valence-corrected chi connectivity index (χ1v) is 6.65. The van der Waals surface area contributed by atoms with Crippen LogP contribution in [0.3, 0.4) is 0 Å². The molecule has 0 bridgehead atoms. The molecule has 1 aromatic carbocycles. The molecule has 0 spiro atoms. The lowest BCUT2D eigenvalue weighted by Crippen LogP contribution is -2.44. The third-order valence-electron chi connectivity index (χ3n) is 2.22. The highest BCUT2D eigenvalue weighted by Crippen LogP contribution is 2.19. The molecule has 0 saturated heterocycles. The summed E-state index contributed by atoms with van der Waals surface area (Å²) in [7, 11) is 0. The van der Waals surface area contributed by atoms with Gasteiger partial charge in [-0.15, -0.1) is 0 Å². The van der Waals surface area contributed by atoms with Crippen molar-refractivity contribution in [2.45, 2.75) is 19.9 Å². The molecular weight excluding hydrogens is 320 g/mol. The van der Waals surface area contributed by atoms with Crippen molar-refractivity contribution < 1.29 is 9.59 Å². The molecule has 1 unspecified atom stereocenters. The Bertz CT molecular complexity index is 445. The van der Waals surface area contributed by atoms with Crippen molar-refractivity contribution in [1.82, 2.24) is 10.6 Å². The van der Waals surface area contributed by atoms with Crippen molar-refractivity contribution in [2.75, 3.05) is 6.54 Å². The van der Waals surface area contributed by atoms with Crippen LogP contribution in [0.4, 0.5) is 0 Å². The fourth-order valence-corrected chi connectivity index (χ4v) is 2.22. The number of nitrogens with one attached hydrogen (secondary N) is 2. The zero-order valence-electron chi connectivity index (χ0n) is 10.1. The van der Waals surface area contributed by atoms with E-state index >= 15 is 0 Å². The molecule has 18 heavy (non-hydrogen) atoms. The van der Waals surface area contributed by atoms with Crippen LogP contribution < -0.4 is 10.6 Å². The molecule has 0 fully saturated rings. The highest BCUT2D eigenvalue weighted by atomic mass is 79.9. The first-order valence-electron chi connectivity index (χ1n) is 5.48. The number of hydrogen-bond donors (Lipinski definition) is 2. The maximum atomic E-state index is 11.9. The Morgan fingerprint density at radius 1 is 1.39 bits per heavy atom. The number of rotatable bonds is 4. The quantitative estimate of drug-likeness (QED) is 0.888. The van der Waals surface area contributed by atoms with Gasteiger partial charge in [0.2, 0.25) is 5.91 Å². The van der Waals surface area contributed by atoms with Gasteiger partial charge in [-0.05, 0) is 32.0 Å². The normalized spacial score (nSPS) is 11.8. The monoisotopic (exact) mass is 332 g/mol. The van der Waals surface area contributed by atoms with Crippen molar-refractivity contribution in [1.29, 1.82) is 0 Å². The molecule has 0 radical (unpaired) electrons. The zero-order chi connectivity index (χ0) is 13.7. The van der Waals surface area contributed by atoms with Gasteiger partial charge in [-0.1, -0.05) is 27.5 Å². The molecule has 1 atom stereocenters. The van der Waals surface area contributed by atoms with Crippen molar-refractivity contribution in [2.24, 2.45) is 0 Å². The molecule has 2 N–H and O–H groups in total. The van der Waals surface area contributed by atoms with Crippen molar-refractivity contribution in [3.8, 4) is 0 Å². The van der Waals surface area contributed by atoms with Gasteiger partial charge in [0.15, 0.2) is 0 Å².